The van der Waals surface area contributed by atoms with Gasteiger partial charge in [0, 0.05) is 54.0 Å². The number of piperidine rings is 1. The summed E-state index contributed by atoms with van der Waals surface area (Å²) < 4.78 is 26.0. The minimum atomic E-state index is -3.29. The first-order valence-electron chi connectivity index (χ1n) is 10.8. The molecule has 2 fully saturated rings. The van der Waals surface area contributed by atoms with Gasteiger partial charge in [-0.15, -0.1) is 0 Å². The molecule has 0 amide bonds. The van der Waals surface area contributed by atoms with Crippen molar-refractivity contribution >= 4 is 32.2 Å². The Morgan fingerprint density at radius 2 is 2.00 bits per heavy atom. The van der Waals surface area contributed by atoms with Gasteiger partial charge in [0.05, 0.1) is 11.9 Å². The summed E-state index contributed by atoms with van der Waals surface area (Å²) in [4.78, 5) is 6.79. The maximum Gasteiger partial charge on any atom is 0.229 e. The Hall–Kier alpha value is -2.64. The van der Waals surface area contributed by atoms with Gasteiger partial charge in [-0.3, -0.25) is 14.6 Å². The van der Waals surface area contributed by atoms with Crippen LogP contribution in [-0.2, 0) is 16.6 Å². The molecule has 1 aromatic heterocycles. The molecule has 1 saturated heterocycles. The number of fused-ring (bicyclic) bond motifs is 3. The highest BCUT2D eigenvalue weighted by molar-refractivity contribution is 7.92. The average molecular weight is 437 g/mol. The summed E-state index contributed by atoms with van der Waals surface area (Å²) in [5.41, 5.74) is 3.92. The van der Waals surface area contributed by atoms with Gasteiger partial charge in [0.1, 0.15) is 0 Å². The van der Waals surface area contributed by atoms with Crippen LogP contribution in [-0.4, -0.2) is 43.2 Å². The maximum atomic E-state index is 11.7. The Labute approximate surface area is 183 Å². The van der Waals surface area contributed by atoms with Crippen molar-refractivity contribution in [2.45, 2.75) is 38.4 Å². The first-order chi connectivity index (χ1) is 14.9. The van der Waals surface area contributed by atoms with Gasteiger partial charge in [0.15, 0.2) is 0 Å². The zero-order chi connectivity index (χ0) is 21.6. The lowest BCUT2D eigenvalue weighted by molar-refractivity contribution is 0.204. The molecule has 1 saturated carbocycles. The van der Waals surface area contributed by atoms with E-state index in [4.69, 9.17) is 0 Å². The van der Waals surface area contributed by atoms with Crippen molar-refractivity contribution in [1.82, 2.24) is 9.88 Å². The van der Waals surface area contributed by atoms with Crippen LogP contribution in [0.2, 0.25) is 0 Å². The fourth-order valence-corrected chi connectivity index (χ4v) is 5.86. The summed E-state index contributed by atoms with van der Waals surface area (Å²) in [7, 11) is -3.29. The van der Waals surface area contributed by atoms with E-state index < -0.39 is 10.0 Å². The summed E-state index contributed by atoms with van der Waals surface area (Å²) in [5, 5.41) is 6.22. The number of anilines is 2. The quantitative estimate of drug-likeness (QED) is 0.611. The lowest BCUT2D eigenvalue weighted by Crippen LogP contribution is -2.36. The molecule has 7 heteroatoms. The van der Waals surface area contributed by atoms with Crippen LogP contribution in [0.15, 0.2) is 54.9 Å². The SMILES string of the molecule is Cc1ccc(CN2CC3CCC2C3Nc2cccc3cnccc23)cc1NS(C)(=O)=O. The summed E-state index contributed by atoms with van der Waals surface area (Å²) >= 11 is 0. The lowest BCUT2D eigenvalue weighted by atomic mass is 10.0. The zero-order valence-corrected chi connectivity index (χ0v) is 18.7. The van der Waals surface area contributed by atoms with E-state index in [1.54, 1.807) is 0 Å². The van der Waals surface area contributed by atoms with Crippen LogP contribution in [0.25, 0.3) is 10.8 Å². The molecule has 1 aliphatic heterocycles. The van der Waals surface area contributed by atoms with Crippen LogP contribution in [0, 0.1) is 12.8 Å². The van der Waals surface area contributed by atoms with Crippen molar-refractivity contribution in [3.05, 3.63) is 66.0 Å². The van der Waals surface area contributed by atoms with Gasteiger partial charge in [0.25, 0.3) is 0 Å². The molecule has 2 heterocycles. The second-order valence-corrected chi connectivity index (χ2v) is 10.7. The smallest absolute Gasteiger partial charge is 0.229 e. The van der Waals surface area contributed by atoms with Crippen LogP contribution in [0.3, 0.4) is 0 Å². The molecule has 2 aromatic carbocycles. The predicted octanol–water partition coefficient (Wildman–Crippen LogP) is 3.99. The van der Waals surface area contributed by atoms with E-state index in [0.29, 0.717) is 23.7 Å². The number of nitrogens with one attached hydrogen (secondary N) is 2. The number of rotatable bonds is 6. The third kappa shape index (κ3) is 4.12. The highest BCUT2D eigenvalue weighted by Crippen LogP contribution is 2.41. The molecule has 2 bridgehead atoms. The van der Waals surface area contributed by atoms with Gasteiger partial charge in [-0.05, 0) is 55.0 Å². The molecule has 5 rings (SSSR count). The number of pyridine rings is 1. The van der Waals surface area contributed by atoms with Gasteiger partial charge < -0.3 is 5.32 Å². The van der Waals surface area contributed by atoms with Crippen LogP contribution < -0.4 is 10.0 Å². The topological polar surface area (TPSA) is 74.3 Å². The van der Waals surface area contributed by atoms with Crippen molar-refractivity contribution in [3.8, 4) is 0 Å². The van der Waals surface area contributed by atoms with Gasteiger partial charge in [0.2, 0.25) is 10.0 Å². The van der Waals surface area contributed by atoms with Crippen LogP contribution in [0.4, 0.5) is 11.4 Å². The molecule has 3 unspecified atom stereocenters. The molecule has 3 aromatic rings. The van der Waals surface area contributed by atoms with E-state index in [-0.39, 0.29) is 0 Å². The summed E-state index contributed by atoms with van der Waals surface area (Å²) in [6.45, 7) is 3.82. The fraction of sp³-hybridized carbons (Fsp3) is 0.375. The second-order valence-electron chi connectivity index (χ2n) is 8.93. The normalized spacial score (nSPS) is 23.4. The van der Waals surface area contributed by atoms with Crippen LogP contribution >= 0.6 is 0 Å². The number of aromatic nitrogens is 1. The number of hydrogen-bond donors (Lipinski definition) is 2. The predicted molar refractivity (Wildman–Crippen MR) is 126 cm³/mol. The van der Waals surface area contributed by atoms with Crippen molar-refractivity contribution in [3.63, 3.8) is 0 Å². The Kier molecular flexibility index (Phi) is 5.10. The number of nitrogens with zero attached hydrogens (tertiary/aromatic N) is 2. The van der Waals surface area contributed by atoms with Gasteiger partial charge in [-0.2, -0.15) is 0 Å². The number of likely N-dealkylation sites (tertiary alicyclic amines) is 1. The zero-order valence-electron chi connectivity index (χ0n) is 17.9. The molecule has 0 radical (unpaired) electrons. The Balaban J connectivity index is 1.34. The van der Waals surface area contributed by atoms with Crippen molar-refractivity contribution < 1.29 is 8.42 Å². The Morgan fingerprint density at radius 1 is 1.13 bits per heavy atom. The van der Waals surface area contributed by atoms with E-state index >= 15 is 0 Å². The summed E-state index contributed by atoms with van der Waals surface area (Å²) in [6.07, 6.45) is 7.39. The van der Waals surface area contributed by atoms with E-state index in [1.165, 1.54) is 30.2 Å². The molecule has 6 nitrogen and oxygen atoms in total. The van der Waals surface area contributed by atoms with E-state index in [9.17, 15) is 8.42 Å². The van der Waals surface area contributed by atoms with Crippen molar-refractivity contribution in [2.75, 3.05) is 22.8 Å². The highest BCUT2D eigenvalue weighted by atomic mass is 32.2. The third-order valence-electron chi connectivity index (χ3n) is 6.68. The monoisotopic (exact) mass is 436 g/mol. The molecular formula is C24H28N4O2S. The minimum absolute atomic E-state index is 0.429. The number of aryl methyl sites for hydroxylation is 1. The van der Waals surface area contributed by atoms with Crippen molar-refractivity contribution in [1.29, 1.82) is 0 Å². The van der Waals surface area contributed by atoms with Crippen LogP contribution in [0.5, 0.6) is 0 Å². The summed E-state index contributed by atoms with van der Waals surface area (Å²) in [5.74, 6) is 0.626. The first kappa shape index (κ1) is 20.3. The average Bonchev–Trinajstić information content (AvgIpc) is 3.26. The number of sulfonamides is 1. The maximum absolute atomic E-state index is 11.7. The lowest BCUT2D eigenvalue weighted by Gasteiger charge is -2.28. The first-order valence-corrected chi connectivity index (χ1v) is 12.7. The van der Waals surface area contributed by atoms with Gasteiger partial charge in [-0.25, -0.2) is 8.42 Å². The molecule has 162 valence electrons. The fourth-order valence-electron chi connectivity index (χ4n) is 5.24. The molecular weight excluding hydrogens is 408 g/mol. The minimum Gasteiger partial charge on any atom is -0.380 e. The molecule has 2 N–H and O–H groups in total. The summed E-state index contributed by atoms with van der Waals surface area (Å²) in [6, 6.07) is 15.4. The van der Waals surface area contributed by atoms with Gasteiger partial charge >= 0.3 is 0 Å². The molecule has 2 aliphatic rings. The second kappa shape index (κ2) is 7.80. The molecule has 0 spiro atoms. The Bertz CT molecular complexity index is 1220. The third-order valence-corrected chi connectivity index (χ3v) is 7.27. The molecule has 31 heavy (non-hydrogen) atoms. The Morgan fingerprint density at radius 3 is 2.84 bits per heavy atom. The van der Waals surface area contributed by atoms with Gasteiger partial charge in [-0.1, -0.05) is 24.3 Å². The largest absolute Gasteiger partial charge is 0.380 e. The van der Waals surface area contributed by atoms with Crippen molar-refractivity contribution in [2.24, 2.45) is 5.92 Å². The molecule has 1 aliphatic carbocycles. The van der Waals surface area contributed by atoms with E-state index in [2.05, 4.69) is 50.3 Å². The number of benzene rings is 2. The highest BCUT2D eigenvalue weighted by Gasteiger charge is 2.46. The van der Waals surface area contributed by atoms with E-state index in [0.717, 1.165) is 29.6 Å². The molecule has 3 atom stereocenters. The standard InChI is InChI=1S/C24H28N4O2S/c1-16-6-7-17(12-22(16)27-31(2,29)30)14-28-15-19-8-9-23(28)24(19)26-21-5-3-4-18-13-25-11-10-20(18)21/h3-7,10-13,19,23-24,26-27H,8-9,14-15H2,1-2H3. The number of hydrogen-bond acceptors (Lipinski definition) is 5. The van der Waals surface area contributed by atoms with E-state index in [1.807, 2.05) is 31.5 Å². The van der Waals surface area contributed by atoms with Crippen LogP contribution in [0.1, 0.15) is 24.0 Å².